The Kier molecular flexibility index (Phi) is 5.87. The van der Waals surface area contributed by atoms with Crippen molar-refractivity contribution in [1.29, 1.82) is 0 Å². The number of aliphatic hydroxyl groups excluding tert-OH is 1. The van der Waals surface area contributed by atoms with E-state index in [1.165, 1.54) is 12.1 Å². The van der Waals surface area contributed by atoms with Gasteiger partial charge in [-0.05, 0) is 36.4 Å². The summed E-state index contributed by atoms with van der Waals surface area (Å²) < 4.78 is 14.5. The molecule has 1 N–H and O–H groups in total. The van der Waals surface area contributed by atoms with Gasteiger partial charge in [-0.25, -0.2) is 9.37 Å². The van der Waals surface area contributed by atoms with Crippen LogP contribution in [0.1, 0.15) is 11.3 Å². The first-order valence-electron chi connectivity index (χ1n) is 10.7. The Morgan fingerprint density at radius 1 is 1.03 bits per heavy atom. The third-order valence-electron chi connectivity index (χ3n) is 5.94. The van der Waals surface area contributed by atoms with Gasteiger partial charge in [-0.15, -0.1) is 0 Å². The highest BCUT2D eigenvalue weighted by Crippen LogP contribution is 2.28. The molecule has 0 aliphatic carbocycles. The fourth-order valence-electron chi connectivity index (χ4n) is 4.24. The number of hydrogen-bond acceptors (Lipinski definition) is 6. The van der Waals surface area contributed by atoms with Gasteiger partial charge in [0.25, 0.3) is 0 Å². The lowest BCUT2D eigenvalue weighted by Gasteiger charge is -2.35. The van der Waals surface area contributed by atoms with E-state index in [0.29, 0.717) is 29.4 Å². The van der Waals surface area contributed by atoms with Crippen LogP contribution in [0.15, 0.2) is 53.7 Å². The molecule has 0 bridgehead atoms. The maximum atomic E-state index is 14.5. The maximum absolute atomic E-state index is 14.5. The molecule has 6 nitrogen and oxygen atoms in total. The fourth-order valence-corrected chi connectivity index (χ4v) is 4.41. The minimum Gasteiger partial charge on any atom is -0.395 e. The van der Waals surface area contributed by atoms with Crippen LogP contribution in [0.4, 0.5) is 10.1 Å². The molecule has 0 radical (unpaired) electrons. The molecule has 2 aromatic heterocycles. The van der Waals surface area contributed by atoms with Crippen LogP contribution in [0.5, 0.6) is 0 Å². The molecule has 32 heavy (non-hydrogen) atoms. The smallest absolute Gasteiger partial charge is 0.132 e. The number of fused-ring (bicyclic) bond motifs is 1. The predicted molar refractivity (Wildman–Crippen MR) is 126 cm³/mol. The Morgan fingerprint density at radius 2 is 1.88 bits per heavy atom. The molecular formula is C24H23ClFN5O. The van der Waals surface area contributed by atoms with Crippen LogP contribution in [0.2, 0.25) is 5.02 Å². The van der Waals surface area contributed by atoms with E-state index in [4.69, 9.17) is 21.7 Å². The van der Waals surface area contributed by atoms with Crippen LogP contribution in [0.3, 0.4) is 0 Å². The number of halogens is 2. The average molecular weight is 452 g/mol. The van der Waals surface area contributed by atoms with Crippen molar-refractivity contribution in [2.45, 2.75) is 0 Å². The second-order valence-corrected chi connectivity index (χ2v) is 8.35. The lowest BCUT2D eigenvalue weighted by atomic mass is 9.99. The Labute approximate surface area is 190 Å². The van der Waals surface area contributed by atoms with Crippen molar-refractivity contribution in [3.63, 3.8) is 0 Å². The zero-order chi connectivity index (χ0) is 22.1. The summed E-state index contributed by atoms with van der Waals surface area (Å²) in [5.41, 5.74) is 5.12. The highest BCUT2D eigenvalue weighted by molar-refractivity contribution is 6.35. The second-order valence-electron chi connectivity index (χ2n) is 7.91. The first kappa shape index (κ1) is 21.0. The molecule has 0 unspecified atom stereocenters. The summed E-state index contributed by atoms with van der Waals surface area (Å²) in [6.07, 6.45) is 3.84. The van der Waals surface area contributed by atoms with Crippen LogP contribution in [-0.4, -0.2) is 71.6 Å². The number of hydrogen-bond donors (Lipinski definition) is 1. The van der Waals surface area contributed by atoms with E-state index >= 15 is 0 Å². The SMILES string of the molecule is OCCN1CCN(c2cnc3ccc(C4=CCN=C4c4cc(Cl)ccc4F)nc3c2)CC1. The van der Waals surface area contributed by atoms with Crippen molar-refractivity contribution in [2.75, 3.05) is 50.8 Å². The summed E-state index contributed by atoms with van der Waals surface area (Å²) in [4.78, 5) is 18.5. The predicted octanol–water partition coefficient (Wildman–Crippen LogP) is 3.42. The van der Waals surface area contributed by atoms with Gasteiger partial charge in [-0.1, -0.05) is 17.7 Å². The van der Waals surface area contributed by atoms with E-state index in [2.05, 4.69) is 25.8 Å². The number of nitrogens with zero attached hydrogens (tertiary/aromatic N) is 5. The minimum atomic E-state index is -0.356. The number of aliphatic hydroxyl groups is 1. The topological polar surface area (TPSA) is 64.8 Å². The minimum absolute atomic E-state index is 0.185. The van der Waals surface area contributed by atoms with Crippen LogP contribution in [0, 0.1) is 5.82 Å². The lowest BCUT2D eigenvalue weighted by molar-refractivity contribution is 0.189. The van der Waals surface area contributed by atoms with Crippen molar-refractivity contribution in [1.82, 2.24) is 14.9 Å². The fraction of sp³-hybridized carbons (Fsp3) is 0.292. The van der Waals surface area contributed by atoms with E-state index in [9.17, 15) is 4.39 Å². The molecule has 1 saturated heterocycles. The average Bonchev–Trinajstić information content (AvgIpc) is 3.30. The van der Waals surface area contributed by atoms with Crippen LogP contribution < -0.4 is 4.90 Å². The quantitative estimate of drug-likeness (QED) is 0.644. The summed E-state index contributed by atoms with van der Waals surface area (Å²) >= 11 is 6.10. The van der Waals surface area contributed by atoms with E-state index in [1.807, 2.05) is 24.4 Å². The summed E-state index contributed by atoms with van der Waals surface area (Å²) in [6, 6.07) is 10.4. The second kappa shape index (κ2) is 8.94. The zero-order valence-corrected chi connectivity index (χ0v) is 18.3. The van der Waals surface area contributed by atoms with Gasteiger partial charge in [0.05, 0.1) is 47.5 Å². The van der Waals surface area contributed by atoms with E-state index in [-0.39, 0.29) is 12.4 Å². The standard InChI is InChI=1S/C24H23ClFN5O/c25-16-1-2-20(26)19(13-16)24-18(5-6-27-24)21-3-4-22-23(29-21)14-17(15-28-22)31-9-7-30(8-10-31)11-12-32/h1-5,13-15,32H,6-12H2. The van der Waals surface area contributed by atoms with Gasteiger partial charge in [0, 0.05) is 48.9 Å². The van der Waals surface area contributed by atoms with Crippen molar-refractivity contribution in [2.24, 2.45) is 4.99 Å². The molecule has 2 aliphatic heterocycles. The van der Waals surface area contributed by atoms with Gasteiger partial charge in [0.1, 0.15) is 5.82 Å². The Morgan fingerprint density at radius 3 is 2.69 bits per heavy atom. The molecular weight excluding hydrogens is 429 g/mol. The van der Waals surface area contributed by atoms with Crippen LogP contribution in [0.25, 0.3) is 16.6 Å². The summed E-state index contributed by atoms with van der Waals surface area (Å²) in [5.74, 6) is -0.356. The van der Waals surface area contributed by atoms with Crippen molar-refractivity contribution >= 4 is 39.6 Å². The number of pyridine rings is 2. The zero-order valence-electron chi connectivity index (χ0n) is 17.5. The number of anilines is 1. The third-order valence-corrected chi connectivity index (χ3v) is 6.17. The molecule has 5 rings (SSSR count). The number of aliphatic imine (C=N–C) groups is 1. The largest absolute Gasteiger partial charge is 0.395 e. The molecule has 0 spiro atoms. The molecule has 0 atom stereocenters. The number of aromatic nitrogens is 2. The molecule has 1 fully saturated rings. The normalized spacial score (nSPS) is 17.0. The van der Waals surface area contributed by atoms with Crippen molar-refractivity contribution in [3.8, 4) is 0 Å². The van der Waals surface area contributed by atoms with E-state index in [1.54, 1.807) is 6.07 Å². The third kappa shape index (κ3) is 4.11. The highest BCUT2D eigenvalue weighted by atomic mass is 35.5. The molecule has 0 saturated carbocycles. The van der Waals surface area contributed by atoms with E-state index < -0.39 is 0 Å². The Bertz CT molecular complexity index is 1220. The molecule has 3 aromatic rings. The monoisotopic (exact) mass is 451 g/mol. The Balaban J connectivity index is 1.43. The van der Waals surface area contributed by atoms with Crippen molar-refractivity contribution in [3.05, 3.63) is 70.8 Å². The summed E-state index contributed by atoms with van der Waals surface area (Å²) in [5, 5.41) is 9.61. The lowest BCUT2D eigenvalue weighted by Crippen LogP contribution is -2.47. The van der Waals surface area contributed by atoms with Crippen LogP contribution >= 0.6 is 11.6 Å². The molecule has 1 aromatic carbocycles. The number of rotatable bonds is 5. The molecule has 2 aliphatic rings. The summed E-state index contributed by atoms with van der Waals surface area (Å²) in [7, 11) is 0. The van der Waals surface area contributed by atoms with Gasteiger partial charge in [-0.2, -0.15) is 0 Å². The Hall–Kier alpha value is -2.87. The first-order chi connectivity index (χ1) is 15.6. The van der Waals surface area contributed by atoms with Crippen molar-refractivity contribution < 1.29 is 9.50 Å². The van der Waals surface area contributed by atoms with Crippen LogP contribution in [-0.2, 0) is 0 Å². The van der Waals surface area contributed by atoms with Gasteiger partial charge >= 0.3 is 0 Å². The first-order valence-corrected chi connectivity index (χ1v) is 11.1. The van der Waals surface area contributed by atoms with Gasteiger partial charge < -0.3 is 10.0 Å². The molecule has 4 heterocycles. The molecule has 0 amide bonds. The number of benzene rings is 1. The maximum Gasteiger partial charge on any atom is 0.132 e. The van der Waals surface area contributed by atoms with Gasteiger partial charge in [-0.3, -0.25) is 14.9 Å². The number of allylic oxidation sites excluding steroid dienone is 1. The van der Waals surface area contributed by atoms with E-state index in [0.717, 1.165) is 54.2 Å². The van der Waals surface area contributed by atoms with Gasteiger partial charge in [0.15, 0.2) is 0 Å². The molecule has 164 valence electrons. The number of β-amino-alcohol motifs (C(OH)–C–C–N with tert-alkyl or cyclic N) is 1. The highest BCUT2D eigenvalue weighted by Gasteiger charge is 2.21. The summed E-state index contributed by atoms with van der Waals surface area (Å²) in [6.45, 7) is 4.94. The number of piperazine rings is 1. The van der Waals surface area contributed by atoms with Gasteiger partial charge in [0.2, 0.25) is 0 Å². The molecule has 8 heteroatoms.